The molecule has 6 nitrogen and oxygen atoms in total. The molecule has 0 aliphatic carbocycles. The van der Waals surface area contributed by atoms with Crippen LogP contribution in [0.5, 0.6) is 0 Å². The normalized spacial score (nSPS) is 24.5. The van der Waals surface area contributed by atoms with Crippen LogP contribution in [-0.4, -0.2) is 57.9 Å². The van der Waals surface area contributed by atoms with E-state index in [1.165, 1.54) is 30.4 Å². The lowest BCUT2D eigenvalue weighted by Crippen LogP contribution is -2.56. The molecule has 0 spiro atoms. The van der Waals surface area contributed by atoms with Gasteiger partial charge in [0.2, 0.25) is 5.91 Å². The molecule has 2 atom stereocenters. The van der Waals surface area contributed by atoms with E-state index in [1.54, 1.807) is 0 Å². The summed E-state index contributed by atoms with van der Waals surface area (Å²) in [6, 6.07) is 8.55. The Kier molecular flexibility index (Phi) is 7.43. The molecule has 160 valence electrons. The minimum Gasteiger partial charge on any atom is -0.356 e. The van der Waals surface area contributed by atoms with Crippen LogP contribution in [0.4, 0.5) is 0 Å². The molecule has 0 bridgehead atoms. The number of nitrogens with zero attached hydrogens (tertiary/aromatic N) is 4. The highest BCUT2D eigenvalue weighted by Crippen LogP contribution is 2.26. The number of pyridine rings is 2. The first-order valence-electron chi connectivity index (χ1n) is 11.3. The van der Waals surface area contributed by atoms with E-state index in [2.05, 4.69) is 43.3 Å². The highest BCUT2D eigenvalue weighted by atomic mass is 16.1. The number of carbonyl (C=O) groups is 1. The summed E-state index contributed by atoms with van der Waals surface area (Å²) in [7, 11) is 0. The Hall–Kier alpha value is -2.31. The Morgan fingerprint density at radius 1 is 0.933 bits per heavy atom. The van der Waals surface area contributed by atoms with Crippen molar-refractivity contribution in [3.8, 4) is 0 Å². The number of hydrogen-bond acceptors (Lipinski definition) is 5. The second-order valence-corrected chi connectivity index (χ2v) is 8.59. The summed E-state index contributed by atoms with van der Waals surface area (Å²) in [4.78, 5) is 26.5. The number of hydrogen-bond donors (Lipinski definition) is 1. The lowest BCUT2D eigenvalue weighted by atomic mass is 9.88. The molecule has 1 N–H and O–H groups in total. The van der Waals surface area contributed by atoms with Crippen molar-refractivity contribution in [2.45, 2.75) is 51.2 Å². The second kappa shape index (κ2) is 10.6. The predicted octanol–water partition coefficient (Wildman–Crippen LogP) is 2.86. The van der Waals surface area contributed by atoms with Crippen LogP contribution in [-0.2, 0) is 17.9 Å². The average Bonchev–Trinajstić information content (AvgIpc) is 2.81. The first kappa shape index (κ1) is 20.9. The lowest BCUT2D eigenvalue weighted by Gasteiger charge is -2.43. The molecule has 2 saturated heterocycles. The zero-order valence-corrected chi connectivity index (χ0v) is 17.7. The summed E-state index contributed by atoms with van der Waals surface area (Å²) in [6.07, 6.45) is 13.1. The minimum absolute atomic E-state index is 0.0510. The van der Waals surface area contributed by atoms with E-state index in [9.17, 15) is 4.79 Å². The Morgan fingerprint density at radius 2 is 1.80 bits per heavy atom. The fraction of sp³-hybridized carbons (Fsp3) is 0.542. The highest BCUT2D eigenvalue weighted by molar-refractivity contribution is 5.79. The van der Waals surface area contributed by atoms with Gasteiger partial charge in [0.1, 0.15) is 0 Å². The third kappa shape index (κ3) is 5.64. The van der Waals surface area contributed by atoms with Crippen LogP contribution in [0.1, 0.15) is 43.2 Å². The molecule has 2 aromatic heterocycles. The van der Waals surface area contributed by atoms with Crippen molar-refractivity contribution in [3.63, 3.8) is 0 Å². The maximum atomic E-state index is 13.1. The second-order valence-electron chi connectivity index (χ2n) is 8.59. The van der Waals surface area contributed by atoms with Crippen LogP contribution in [0.25, 0.3) is 0 Å². The van der Waals surface area contributed by atoms with Gasteiger partial charge in [-0.2, -0.15) is 0 Å². The molecule has 1 amide bonds. The molecular weight excluding hydrogens is 374 g/mol. The molecule has 2 aliphatic rings. The fourth-order valence-corrected chi connectivity index (χ4v) is 4.79. The zero-order chi connectivity index (χ0) is 20.6. The molecule has 0 unspecified atom stereocenters. The quantitative estimate of drug-likeness (QED) is 0.845. The van der Waals surface area contributed by atoms with Gasteiger partial charge in [0.05, 0.1) is 5.92 Å². The van der Waals surface area contributed by atoms with Crippen molar-refractivity contribution in [3.05, 3.63) is 60.2 Å². The maximum absolute atomic E-state index is 13.1. The van der Waals surface area contributed by atoms with E-state index in [1.807, 2.05) is 30.9 Å². The molecule has 2 fully saturated rings. The lowest BCUT2D eigenvalue weighted by molar-refractivity contribution is -0.129. The molecule has 2 aliphatic heterocycles. The number of amides is 1. The molecule has 6 heteroatoms. The molecular formula is C24H33N5O. The van der Waals surface area contributed by atoms with Crippen molar-refractivity contribution in [1.29, 1.82) is 0 Å². The number of aromatic nitrogens is 2. The predicted molar refractivity (Wildman–Crippen MR) is 118 cm³/mol. The Balaban J connectivity index is 1.54. The van der Waals surface area contributed by atoms with E-state index >= 15 is 0 Å². The van der Waals surface area contributed by atoms with Crippen molar-refractivity contribution >= 4 is 5.91 Å². The van der Waals surface area contributed by atoms with Crippen molar-refractivity contribution in [2.75, 3.05) is 26.2 Å². The average molecular weight is 408 g/mol. The number of rotatable bonds is 4. The van der Waals surface area contributed by atoms with Gasteiger partial charge in [-0.05, 0) is 61.7 Å². The van der Waals surface area contributed by atoms with Crippen molar-refractivity contribution in [2.24, 2.45) is 5.92 Å². The van der Waals surface area contributed by atoms with Crippen molar-refractivity contribution in [1.82, 2.24) is 25.1 Å². The van der Waals surface area contributed by atoms with Crippen LogP contribution in [0.3, 0.4) is 0 Å². The number of piperidine rings is 1. The zero-order valence-electron chi connectivity index (χ0n) is 17.7. The summed E-state index contributed by atoms with van der Waals surface area (Å²) in [6.45, 7) is 5.48. The first-order chi connectivity index (χ1) is 14.8. The first-order valence-corrected chi connectivity index (χ1v) is 11.3. The minimum atomic E-state index is 0.0510. The molecule has 0 radical (unpaired) electrons. The third-order valence-electron chi connectivity index (χ3n) is 6.41. The van der Waals surface area contributed by atoms with Crippen LogP contribution in [0.2, 0.25) is 0 Å². The summed E-state index contributed by atoms with van der Waals surface area (Å²) < 4.78 is 0. The van der Waals surface area contributed by atoms with Gasteiger partial charge in [-0.3, -0.25) is 24.6 Å². The summed E-state index contributed by atoms with van der Waals surface area (Å²) in [5.41, 5.74) is 2.50. The van der Waals surface area contributed by atoms with Gasteiger partial charge < -0.3 is 5.32 Å². The smallest absolute Gasteiger partial charge is 0.224 e. The van der Waals surface area contributed by atoms with Gasteiger partial charge in [-0.1, -0.05) is 18.9 Å². The Labute approximate surface area is 179 Å². The SMILES string of the molecule is O=C1NCCCCCCN(Cc2ccncc2)[C@@H]2CN(Cc3cccnc3)CC[C@H]12. The van der Waals surface area contributed by atoms with Crippen LogP contribution >= 0.6 is 0 Å². The third-order valence-corrected chi connectivity index (χ3v) is 6.41. The molecule has 4 rings (SSSR count). The monoisotopic (exact) mass is 407 g/mol. The number of fused-ring (bicyclic) bond motifs is 1. The molecule has 0 aromatic carbocycles. The van der Waals surface area contributed by atoms with E-state index in [0.717, 1.165) is 52.1 Å². The van der Waals surface area contributed by atoms with E-state index < -0.39 is 0 Å². The van der Waals surface area contributed by atoms with E-state index in [-0.39, 0.29) is 17.9 Å². The maximum Gasteiger partial charge on any atom is 0.224 e. The van der Waals surface area contributed by atoms with Crippen LogP contribution in [0.15, 0.2) is 49.1 Å². The van der Waals surface area contributed by atoms with Crippen LogP contribution < -0.4 is 5.32 Å². The highest BCUT2D eigenvalue weighted by Gasteiger charge is 2.37. The fourth-order valence-electron chi connectivity index (χ4n) is 4.79. The van der Waals surface area contributed by atoms with Crippen molar-refractivity contribution < 1.29 is 4.79 Å². The van der Waals surface area contributed by atoms with Gasteiger partial charge in [0, 0.05) is 57.0 Å². The standard InChI is InChI=1S/C24H33N5O/c30-24-22-9-15-28(17-21-6-5-10-26-16-21)19-23(22)29(14-4-2-1-3-11-27-24)18-20-7-12-25-13-8-20/h5-8,10,12-13,16,22-23H,1-4,9,11,14-15,17-19H2,(H,27,30)/t22-,23+/m0/s1. The van der Waals surface area contributed by atoms with Crippen LogP contribution in [0, 0.1) is 5.92 Å². The van der Waals surface area contributed by atoms with Gasteiger partial charge in [-0.25, -0.2) is 0 Å². The van der Waals surface area contributed by atoms with Gasteiger partial charge in [0.25, 0.3) is 0 Å². The molecule has 0 saturated carbocycles. The van der Waals surface area contributed by atoms with Gasteiger partial charge in [0.15, 0.2) is 0 Å². The largest absolute Gasteiger partial charge is 0.356 e. The summed E-state index contributed by atoms with van der Waals surface area (Å²) in [5.74, 6) is 0.290. The topological polar surface area (TPSA) is 61.4 Å². The van der Waals surface area contributed by atoms with E-state index in [0.29, 0.717) is 0 Å². The Bertz CT molecular complexity index is 785. The molecule has 4 heterocycles. The number of likely N-dealkylation sites (tertiary alicyclic amines) is 1. The number of carbonyl (C=O) groups excluding carboxylic acids is 1. The Morgan fingerprint density at radius 3 is 2.63 bits per heavy atom. The summed E-state index contributed by atoms with van der Waals surface area (Å²) >= 11 is 0. The van der Waals surface area contributed by atoms with Gasteiger partial charge >= 0.3 is 0 Å². The number of nitrogens with one attached hydrogen (secondary N) is 1. The van der Waals surface area contributed by atoms with Gasteiger partial charge in [-0.15, -0.1) is 0 Å². The molecule has 2 aromatic rings. The van der Waals surface area contributed by atoms with E-state index in [4.69, 9.17) is 0 Å². The molecule has 30 heavy (non-hydrogen) atoms. The summed E-state index contributed by atoms with van der Waals surface area (Å²) in [5, 5.41) is 3.22.